The molecular formula is C17H16ClNO2. The van der Waals surface area contributed by atoms with Crippen LogP contribution in [-0.4, -0.2) is 6.61 Å². The molecule has 21 heavy (non-hydrogen) atoms. The van der Waals surface area contributed by atoms with Gasteiger partial charge in [-0.1, -0.05) is 29.8 Å². The summed E-state index contributed by atoms with van der Waals surface area (Å²) >= 11 is 6.17. The van der Waals surface area contributed by atoms with Crippen LogP contribution in [0.15, 0.2) is 52.9 Å². The van der Waals surface area contributed by atoms with Gasteiger partial charge in [0.1, 0.15) is 17.1 Å². The molecule has 3 rings (SSSR count). The van der Waals surface area contributed by atoms with E-state index in [9.17, 15) is 0 Å². The van der Waals surface area contributed by atoms with Gasteiger partial charge in [0, 0.05) is 11.1 Å². The van der Waals surface area contributed by atoms with Gasteiger partial charge in [-0.05, 0) is 37.3 Å². The minimum Gasteiger partial charge on any atom is -0.492 e. The Morgan fingerprint density at radius 3 is 2.76 bits per heavy atom. The summed E-state index contributed by atoms with van der Waals surface area (Å²) in [6.07, 6.45) is 0. The maximum Gasteiger partial charge on any atom is 0.138 e. The number of fused-ring (bicyclic) bond motifs is 1. The first-order valence-corrected chi connectivity index (χ1v) is 7.27. The highest BCUT2D eigenvalue weighted by Crippen LogP contribution is 2.28. The zero-order chi connectivity index (χ0) is 14.7. The Kier molecular flexibility index (Phi) is 4.02. The number of nitrogens with one attached hydrogen (secondary N) is 1. The topological polar surface area (TPSA) is 34.4 Å². The van der Waals surface area contributed by atoms with Gasteiger partial charge in [-0.15, -0.1) is 0 Å². The molecule has 1 aromatic heterocycles. The monoisotopic (exact) mass is 301 g/mol. The predicted molar refractivity (Wildman–Crippen MR) is 86.2 cm³/mol. The number of hydrogen-bond acceptors (Lipinski definition) is 3. The van der Waals surface area contributed by atoms with Crippen molar-refractivity contribution in [1.82, 2.24) is 0 Å². The Balaban J connectivity index is 1.70. The maximum atomic E-state index is 6.17. The van der Waals surface area contributed by atoms with Crippen LogP contribution in [0.3, 0.4) is 0 Å². The number of hydrogen-bond donors (Lipinski definition) is 1. The Morgan fingerprint density at radius 2 is 2.00 bits per heavy atom. The van der Waals surface area contributed by atoms with E-state index in [0.717, 1.165) is 22.4 Å². The third kappa shape index (κ3) is 3.14. The van der Waals surface area contributed by atoms with Crippen molar-refractivity contribution in [2.45, 2.75) is 13.5 Å². The van der Waals surface area contributed by atoms with Gasteiger partial charge < -0.3 is 14.5 Å². The van der Waals surface area contributed by atoms with Crippen molar-refractivity contribution in [3.8, 4) is 5.75 Å². The van der Waals surface area contributed by atoms with Gasteiger partial charge >= 0.3 is 0 Å². The molecule has 0 radical (unpaired) electrons. The van der Waals surface area contributed by atoms with E-state index in [0.29, 0.717) is 23.9 Å². The zero-order valence-corrected chi connectivity index (χ0v) is 12.5. The van der Waals surface area contributed by atoms with Crippen LogP contribution in [0.25, 0.3) is 11.0 Å². The Labute approximate surface area is 128 Å². The van der Waals surface area contributed by atoms with Crippen molar-refractivity contribution >= 4 is 28.3 Å². The fourth-order valence-corrected chi connectivity index (χ4v) is 2.43. The lowest BCUT2D eigenvalue weighted by Gasteiger charge is -2.09. The highest BCUT2D eigenvalue weighted by Gasteiger charge is 2.05. The number of rotatable bonds is 5. The maximum absolute atomic E-state index is 6.17. The fourth-order valence-electron chi connectivity index (χ4n) is 2.20. The quantitative estimate of drug-likeness (QED) is 0.712. The number of halogens is 1. The van der Waals surface area contributed by atoms with E-state index in [1.807, 2.05) is 55.5 Å². The number of furan rings is 1. The van der Waals surface area contributed by atoms with Gasteiger partial charge in [0.15, 0.2) is 0 Å². The predicted octanol–water partition coefficient (Wildman–Crippen LogP) is 5.10. The molecule has 0 aliphatic heterocycles. The lowest BCUT2D eigenvalue weighted by Crippen LogP contribution is -1.99. The summed E-state index contributed by atoms with van der Waals surface area (Å²) in [7, 11) is 0. The van der Waals surface area contributed by atoms with Crippen LogP contribution < -0.4 is 10.1 Å². The van der Waals surface area contributed by atoms with Gasteiger partial charge in [0.25, 0.3) is 0 Å². The van der Waals surface area contributed by atoms with Crippen LogP contribution in [0.1, 0.15) is 12.7 Å². The average Bonchev–Trinajstić information content (AvgIpc) is 2.90. The molecule has 0 saturated heterocycles. The second kappa shape index (κ2) is 6.10. The molecule has 0 spiro atoms. The Morgan fingerprint density at radius 1 is 1.14 bits per heavy atom. The van der Waals surface area contributed by atoms with Crippen LogP contribution in [-0.2, 0) is 6.54 Å². The second-order valence-corrected chi connectivity index (χ2v) is 5.09. The smallest absolute Gasteiger partial charge is 0.138 e. The molecule has 3 nitrogen and oxygen atoms in total. The lowest BCUT2D eigenvalue weighted by atomic mass is 10.2. The number of para-hydroxylation sites is 1. The van der Waals surface area contributed by atoms with Gasteiger partial charge in [-0.2, -0.15) is 0 Å². The summed E-state index contributed by atoms with van der Waals surface area (Å²) in [5, 5.41) is 5.01. The molecule has 1 heterocycles. The van der Waals surface area contributed by atoms with Crippen LogP contribution in [0, 0.1) is 0 Å². The standard InChI is InChI=1S/C17H16ClNO2/c1-2-20-17-8-7-13(10-15(17)18)19-11-14-9-12-5-3-4-6-16(12)21-14/h3-10,19H,2,11H2,1H3. The largest absolute Gasteiger partial charge is 0.492 e. The third-order valence-corrected chi connectivity index (χ3v) is 3.47. The molecule has 0 aliphatic rings. The molecular weight excluding hydrogens is 286 g/mol. The molecule has 0 aliphatic carbocycles. The van der Waals surface area contributed by atoms with Crippen molar-refractivity contribution in [2.24, 2.45) is 0 Å². The van der Waals surface area contributed by atoms with E-state index in [4.69, 9.17) is 20.8 Å². The number of benzene rings is 2. The summed E-state index contributed by atoms with van der Waals surface area (Å²) in [4.78, 5) is 0. The zero-order valence-electron chi connectivity index (χ0n) is 11.7. The van der Waals surface area contributed by atoms with E-state index in [-0.39, 0.29) is 0 Å². The van der Waals surface area contributed by atoms with Crippen molar-refractivity contribution in [3.05, 3.63) is 59.3 Å². The molecule has 0 fully saturated rings. The highest BCUT2D eigenvalue weighted by atomic mass is 35.5. The molecule has 1 N–H and O–H groups in total. The van der Waals surface area contributed by atoms with E-state index in [1.165, 1.54) is 0 Å². The molecule has 0 saturated carbocycles. The van der Waals surface area contributed by atoms with E-state index < -0.39 is 0 Å². The summed E-state index contributed by atoms with van der Waals surface area (Å²) in [6.45, 7) is 3.15. The molecule has 0 amide bonds. The minimum absolute atomic E-state index is 0.603. The van der Waals surface area contributed by atoms with Crippen molar-refractivity contribution in [2.75, 3.05) is 11.9 Å². The fraction of sp³-hybridized carbons (Fsp3) is 0.176. The van der Waals surface area contributed by atoms with E-state index >= 15 is 0 Å². The molecule has 3 aromatic rings. The van der Waals surface area contributed by atoms with Crippen LogP contribution in [0.2, 0.25) is 5.02 Å². The summed E-state index contributed by atoms with van der Waals surface area (Å²) in [5.74, 6) is 1.59. The molecule has 0 atom stereocenters. The normalized spacial score (nSPS) is 10.8. The second-order valence-electron chi connectivity index (χ2n) is 4.68. The van der Waals surface area contributed by atoms with Crippen molar-refractivity contribution in [3.63, 3.8) is 0 Å². The lowest BCUT2D eigenvalue weighted by molar-refractivity contribution is 0.340. The molecule has 4 heteroatoms. The first kappa shape index (κ1) is 13.8. The van der Waals surface area contributed by atoms with E-state index in [1.54, 1.807) is 0 Å². The van der Waals surface area contributed by atoms with Crippen LogP contribution in [0.5, 0.6) is 5.75 Å². The molecule has 0 bridgehead atoms. The van der Waals surface area contributed by atoms with Crippen LogP contribution in [0.4, 0.5) is 5.69 Å². The van der Waals surface area contributed by atoms with Gasteiger partial charge in [-0.25, -0.2) is 0 Å². The first-order valence-electron chi connectivity index (χ1n) is 6.90. The highest BCUT2D eigenvalue weighted by molar-refractivity contribution is 6.32. The third-order valence-electron chi connectivity index (χ3n) is 3.18. The Bertz CT molecular complexity index is 718. The Hall–Kier alpha value is -2.13. The van der Waals surface area contributed by atoms with Gasteiger partial charge in [0.2, 0.25) is 0 Å². The summed E-state index contributed by atoms with van der Waals surface area (Å²) in [6, 6.07) is 15.7. The SMILES string of the molecule is CCOc1ccc(NCc2cc3ccccc3o2)cc1Cl. The van der Waals surface area contributed by atoms with E-state index in [2.05, 4.69) is 5.32 Å². The molecule has 108 valence electrons. The van der Waals surface area contributed by atoms with Gasteiger partial charge in [-0.3, -0.25) is 0 Å². The number of ether oxygens (including phenoxy) is 1. The molecule has 2 aromatic carbocycles. The number of anilines is 1. The van der Waals surface area contributed by atoms with Crippen molar-refractivity contribution in [1.29, 1.82) is 0 Å². The average molecular weight is 302 g/mol. The van der Waals surface area contributed by atoms with Crippen LogP contribution >= 0.6 is 11.6 Å². The summed E-state index contributed by atoms with van der Waals surface area (Å²) in [5.41, 5.74) is 1.84. The van der Waals surface area contributed by atoms with Gasteiger partial charge in [0.05, 0.1) is 18.2 Å². The minimum atomic E-state index is 0.603. The summed E-state index contributed by atoms with van der Waals surface area (Å²) < 4.78 is 11.2. The first-order chi connectivity index (χ1) is 10.3. The van der Waals surface area contributed by atoms with Crippen molar-refractivity contribution < 1.29 is 9.15 Å². The molecule has 0 unspecified atom stereocenters.